The largest absolute Gasteiger partial charge is 0.330 e. The summed E-state index contributed by atoms with van der Waals surface area (Å²) < 4.78 is 0. The van der Waals surface area contributed by atoms with Crippen molar-refractivity contribution in [1.29, 1.82) is 0 Å². The Kier molecular flexibility index (Phi) is 6.21. The van der Waals surface area contributed by atoms with Crippen LogP contribution >= 0.6 is 11.3 Å². The molecule has 1 amide bonds. The Bertz CT molecular complexity index is 689. The van der Waals surface area contributed by atoms with Crippen LogP contribution in [0.4, 0.5) is 5.69 Å². The van der Waals surface area contributed by atoms with Gasteiger partial charge in [0.15, 0.2) is 0 Å². The van der Waals surface area contributed by atoms with Gasteiger partial charge in [0.05, 0.1) is 19.5 Å². The van der Waals surface area contributed by atoms with Gasteiger partial charge in [0.25, 0.3) is 0 Å². The molecule has 4 nitrogen and oxygen atoms in total. The van der Waals surface area contributed by atoms with Crippen LogP contribution in [0.3, 0.4) is 0 Å². The predicted octanol–water partition coefficient (Wildman–Crippen LogP) is 2.98. The van der Waals surface area contributed by atoms with Crippen LogP contribution in [0.1, 0.15) is 48.4 Å². The summed E-state index contributed by atoms with van der Waals surface area (Å²) in [5, 5.41) is 5.95. The fourth-order valence-electron chi connectivity index (χ4n) is 3.52. The van der Waals surface area contributed by atoms with Gasteiger partial charge in [-0.05, 0) is 44.7 Å². The molecule has 5 heteroatoms. The summed E-state index contributed by atoms with van der Waals surface area (Å²) in [7, 11) is 2.28. The van der Waals surface area contributed by atoms with Crippen LogP contribution in [0, 0.1) is 6.92 Å². The molecule has 1 fully saturated rings. The first-order valence-electron chi connectivity index (χ1n) is 9.22. The van der Waals surface area contributed by atoms with E-state index < -0.39 is 0 Å². The molecule has 0 bridgehead atoms. The standard InChI is InChI=1S/C20H27N3OS/c1-15-8-10-16(11-9-15)21-19(24)12-20-22-17(14-25-20)13-23(2)18-6-4-3-5-7-18/h8-11,14,18H,3-7,12-13H2,1-2H3,(H,21,24)/p+1. The van der Waals surface area contributed by atoms with Crippen molar-refractivity contribution in [2.75, 3.05) is 12.4 Å². The van der Waals surface area contributed by atoms with E-state index in [9.17, 15) is 4.79 Å². The fourth-order valence-corrected chi connectivity index (χ4v) is 4.31. The molecule has 1 atom stereocenters. The molecule has 25 heavy (non-hydrogen) atoms. The lowest BCUT2D eigenvalue weighted by Crippen LogP contribution is -3.11. The maximum atomic E-state index is 12.2. The first kappa shape index (κ1) is 18.1. The third-order valence-corrected chi connectivity index (χ3v) is 5.91. The number of carbonyl (C=O) groups excluding carboxylic acids is 1. The Hall–Kier alpha value is -1.72. The minimum absolute atomic E-state index is 0.00210. The van der Waals surface area contributed by atoms with Crippen molar-refractivity contribution < 1.29 is 9.69 Å². The number of aromatic nitrogens is 1. The average Bonchev–Trinajstić information content (AvgIpc) is 3.04. The lowest BCUT2D eigenvalue weighted by molar-refractivity contribution is -0.921. The van der Waals surface area contributed by atoms with E-state index in [0.717, 1.165) is 29.0 Å². The van der Waals surface area contributed by atoms with Gasteiger partial charge in [-0.2, -0.15) is 0 Å². The smallest absolute Gasteiger partial charge is 0.231 e. The number of hydrogen-bond acceptors (Lipinski definition) is 3. The van der Waals surface area contributed by atoms with Crippen LogP contribution in [-0.4, -0.2) is 24.0 Å². The number of nitrogens with one attached hydrogen (secondary N) is 2. The molecule has 0 spiro atoms. The van der Waals surface area contributed by atoms with Crippen LogP contribution in [0.5, 0.6) is 0 Å². The number of amides is 1. The molecule has 1 heterocycles. The number of anilines is 1. The Balaban J connectivity index is 1.50. The van der Waals surface area contributed by atoms with E-state index >= 15 is 0 Å². The number of hydrogen-bond donors (Lipinski definition) is 2. The zero-order chi connectivity index (χ0) is 17.6. The average molecular weight is 359 g/mol. The molecule has 1 aromatic heterocycles. The number of thiazole rings is 1. The van der Waals surface area contributed by atoms with Crippen molar-refractivity contribution in [2.24, 2.45) is 0 Å². The van der Waals surface area contributed by atoms with Gasteiger partial charge in [0.1, 0.15) is 17.2 Å². The molecule has 1 unspecified atom stereocenters. The van der Waals surface area contributed by atoms with Gasteiger partial charge in [-0.1, -0.05) is 24.1 Å². The Morgan fingerprint density at radius 3 is 2.68 bits per heavy atom. The topological polar surface area (TPSA) is 46.4 Å². The predicted molar refractivity (Wildman–Crippen MR) is 103 cm³/mol. The molecule has 3 rings (SSSR count). The number of quaternary nitrogens is 1. The van der Waals surface area contributed by atoms with Crippen LogP contribution < -0.4 is 10.2 Å². The minimum Gasteiger partial charge on any atom is -0.330 e. The second kappa shape index (κ2) is 8.59. The van der Waals surface area contributed by atoms with Crippen molar-refractivity contribution in [2.45, 2.75) is 58.0 Å². The van der Waals surface area contributed by atoms with Crippen LogP contribution in [-0.2, 0) is 17.8 Å². The van der Waals surface area contributed by atoms with Crippen molar-refractivity contribution in [3.63, 3.8) is 0 Å². The molecular weight excluding hydrogens is 330 g/mol. The molecule has 0 radical (unpaired) electrons. The Labute approximate surface area is 154 Å². The zero-order valence-electron chi connectivity index (χ0n) is 15.2. The van der Waals surface area contributed by atoms with E-state index in [2.05, 4.69) is 22.7 Å². The van der Waals surface area contributed by atoms with E-state index in [1.807, 2.05) is 31.2 Å². The van der Waals surface area contributed by atoms with Crippen LogP contribution in [0.25, 0.3) is 0 Å². The van der Waals surface area contributed by atoms with Gasteiger partial charge >= 0.3 is 0 Å². The highest BCUT2D eigenvalue weighted by Crippen LogP contribution is 2.16. The van der Waals surface area contributed by atoms with Gasteiger partial charge in [-0.15, -0.1) is 11.3 Å². The Morgan fingerprint density at radius 2 is 1.96 bits per heavy atom. The molecule has 1 aromatic carbocycles. The molecule has 1 saturated carbocycles. The number of benzene rings is 1. The summed E-state index contributed by atoms with van der Waals surface area (Å²) in [5.41, 5.74) is 3.15. The maximum absolute atomic E-state index is 12.2. The third kappa shape index (κ3) is 5.38. The summed E-state index contributed by atoms with van der Waals surface area (Å²) in [4.78, 5) is 18.4. The van der Waals surface area contributed by atoms with E-state index in [-0.39, 0.29) is 5.91 Å². The van der Waals surface area contributed by atoms with Gasteiger partial charge in [-0.3, -0.25) is 4.79 Å². The van der Waals surface area contributed by atoms with E-state index in [1.54, 1.807) is 16.2 Å². The summed E-state index contributed by atoms with van der Waals surface area (Å²) in [6.45, 7) is 3.00. The van der Waals surface area contributed by atoms with Gasteiger partial charge in [0, 0.05) is 11.1 Å². The first-order valence-corrected chi connectivity index (χ1v) is 10.1. The number of carbonyl (C=O) groups is 1. The lowest BCUT2D eigenvalue weighted by Gasteiger charge is -2.27. The quantitative estimate of drug-likeness (QED) is 0.834. The molecule has 0 aliphatic heterocycles. The van der Waals surface area contributed by atoms with Crippen LogP contribution in [0.15, 0.2) is 29.6 Å². The number of nitrogens with zero attached hydrogens (tertiary/aromatic N) is 1. The molecule has 0 saturated heterocycles. The fraction of sp³-hybridized carbons (Fsp3) is 0.500. The lowest BCUT2D eigenvalue weighted by atomic mass is 9.94. The molecule has 2 N–H and O–H groups in total. The third-order valence-electron chi connectivity index (χ3n) is 5.01. The summed E-state index contributed by atoms with van der Waals surface area (Å²) >= 11 is 1.59. The molecular formula is C20H28N3OS+. The zero-order valence-corrected chi connectivity index (χ0v) is 16.0. The van der Waals surface area contributed by atoms with Crippen molar-refractivity contribution in [3.05, 3.63) is 45.9 Å². The molecule has 134 valence electrons. The highest BCUT2D eigenvalue weighted by Gasteiger charge is 2.22. The summed E-state index contributed by atoms with van der Waals surface area (Å²) in [6, 6.07) is 8.64. The highest BCUT2D eigenvalue weighted by molar-refractivity contribution is 7.09. The highest BCUT2D eigenvalue weighted by atomic mass is 32.1. The number of rotatable bonds is 6. The summed E-state index contributed by atoms with van der Waals surface area (Å²) in [5.74, 6) is -0.00210. The Morgan fingerprint density at radius 1 is 1.24 bits per heavy atom. The maximum Gasteiger partial charge on any atom is 0.231 e. The number of aryl methyl sites for hydroxylation is 1. The van der Waals surface area contributed by atoms with E-state index in [0.29, 0.717) is 6.42 Å². The SMILES string of the molecule is Cc1ccc(NC(=O)Cc2nc(C[NH+](C)C3CCCCC3)cs2)cc1. The first-order chi connectivity index (χ1) is 12.1. The molecule has 2 aromatic rings. The van der Waals surface area contributed by atoms with E-state index in [4.69, 9.17) is 0 Å². The van der Waals surface area contributed by atoms with Gasteiger partial charge < -0.3 is 10.2 Å². The van der Waals surface area contributed by atoms with Crippen molar-refractivity contribution >= 4 is 22.9 Å². The second-order valence-electron chi connectivity index (χ2n) is 7.18. The van der Waals surface area contributed by atoms with Crippen molar-refractivity contribution in [1.82, 2.24) is 4.98 Å². The van der Waals surface area contributed by atoms with E-state index in [1.165, 1.54) is 37.7 Å². The minimum atomic E-state index is -0.00210. The van der Waals surface area contributed by atoms with Gasteiger partial charge in [0.2, 0.25) is 5.91 Å². The van der Waals surface area contributed by atoms with Crippen LogP contribution in [0.2, 0.25) is 0 Å². The molecule has 1 aliphatic carbocycles. The second-order valence-corrected chi connectivity index (χ2v) is 8.12. The summed E-state index contributed by atoms with van der Waals surface area (Å²) in [6.07, 6.45) is 7.14. The van der Waals surface area contributed by atoms with Gasteiger partial charge in [-0.25, -0.2) is 4.98 Å². The normalized spacial score (nSPS) is 16.6. The monoisotopic (exact) mass is 358 g/mol. The van der Waals surface area contributed by atoms with Crippen molar-refractivity contribution in [3.8, 4) is 0 Å². The molecule has 1 aliphatic rings.